The first-order chi connectivity index (χ1) is 7.34. The molecule has 1 heteroatoms. The van der Waals surface area contributed by atoms with Crippen molar-refractivity contribution in [3.05, 3.63) is 65.7 Å². The molecular formula is C14H9Se. The molecule has 0 aliphatic rings. The van der Waals surface area contributed by atoms with Crippen LogP contribution in [0.4, 0.5) is 0 Å². The van der Waals surface area contributed by atoms with Gasteiger partial charge in [0.1, 0.15) is 0 Å². The van der Waals surface area contributed by atoms with Crippen molar-refractivity contribution in [2.75, 3.05) is 0 Å². The van der Waals surface area contributed by atoms with Gasteiger partial charge in [-0.25, -0.2) is 0 Å². The summed E-state index contributed by atoms with van der Waals surface area (Å²) in [6.45, 7) is 0. The first-order valence-corrected chi connectivity index (χ1v) is 5.54. The van der Waals surface area contributed by atoms with E-state index in [-0.39, 0.29) is 0 Å². The molecule has 2 aromatic carbocycles. The molecule has 0 heterocycles. The zero-order valence-corrected chi connectivity index (χ0v) is 9.82. The molecule has 0 nitrogen and oxygen atoms in total. The second-order valence-corrected chi connectivity index (χ2v) is 4.13. The van der Waals surface area contributed by atoms with E-state index in [0.29, 0.717) is 0 Å². The fourth-order valence-electron chi connectivity index (χ4n) is 1.24. The third kappa shape index (κ3) is 2.99. The van der Waals surface area contributed by atoms with Gasteiger partial charge in [0.15, 0.2) is 0 Å². The van der Waals surface area contributed by atoms with Gasteiger partial charge in [-0.3, -0.25) is 0 Å². The summed E-state index contributed by atoms with van der Waals surface area (Å²) in [6.07, 6.45) is 0. The molecule has 71 valence electrons. The number of benzene rings is 2. The molecule has 0 aliphatic carbocycles. The van der Waals surface area contributed by atoms with Crippen LogP contribution in [0.2, 0.25) is 0 Å². The minimum absolute atomic E-state index is 1.04. The van der Waals surface area contributed by atoms with Crippen LogP contribution < -0.4 is 4.46 Å². The summed E-state index contributed by atoms with van der Waals surface area (Å²) in [4.78, 5) is 0. The van der Waals surface area contributed by atoms with Gasteiger partial charge in [-0.2, -0.15) is 0 Å². The normalized spacial score (nSPS) is 9.07. The van der Waals surface area contributed by atoms with Gasteiger partial charge in [0, 0.05) is 0 Å². The van der Waals surface area contributed by atoms with E-state index in [9.17, 15) is 0 Å². The van der Waals surface area contributed by atoms with Gasteiger partial charge in [0.2, 0.25) is 0 Å². The summed E-state index contributed by atoms with van der Waals surface area (Å²) in [5.74, 6) is 6.26. The van der Waals surface area contributed by atoms with E-state index in [0.717, 1.165) is 15.6 Å². The van der Waals surface area contributed by atoms with Crippen molar-refractivity contribution >= 4 is 20.5 Å². The minimum atomic E-state index is 1.04. The van der Waals surface area contributed by atoms with E-state index in [1.165, 1.54) is 0 Å². The average molecular weight is 256 g/mol. The Morgan fingerprint density at radius 2 is 1.40 bits per heavy atom. The van der Waals surface area contributed by atoms with Gasteiger partial charge in [-0.15, -0.1) is 0 Å². The van der Waals surface area contributed by atoms with Crippen LogP contribution in [0.5, 0.6) is 0 Å². The second kappa shape index (κ2) is 4.84. The zero-order chi connectivity index (χ0) is 10.5. The zero-order valence-electron chi connectivity index (χ0n) is 8.10. The Morgan fingerprint density at radius 1 is 0.733 bits per heavy atom. The molecule has 0 atom stereocenters. The van der Waals surface area contributed by atoms with E-state index >= 15 is 0 Å². The number of hydrogen-bond acceptors (Lipinski definition) is 0. The molecule has 0 saturated heterocycles. The molecule has 0 N–H and O–H groups in total. The van der Waals surface area contributed by atoms with Crippen molar-refractivity contribution in [3.8, 4) is 11.8 Å². The Hall–Kier alpha value is -1.48. The molecule has 15 heavy (non-hydrogen) atoms. The fourth-order valence-corrected chi connectivity index (χ4v) is 1.67. The Bertz CT molecular complexity index is 504. The molecule has 0 aliphatic heterocycles. The molecule has 2 aromatic rings. The Kier molecular flexibility index (Phi) is 3.25. The third-order valence-electron chi connectivity index (χ3n) is 1.96. The molecular weight excluding hydrogens is 247 g/mol. The first-order valence-electron chi connectivity index (χ1n) is 4.69. The Balaban J connectivity index is 2.26. The fraction of sp³-hybridized carbons (Fsp3) is 0. The summed E-state index contributed by atoms with van der Waals surface area (Å²) in [6, 6.07) is 18.1. The molecule has 0 saturated carbocycles. The summed E-state index contributed by atoms with van der Waals surface area (Å²) in [7, 11) is 0. The van der Waals surface area contributed by atoms with Crippen LogP contribution in [-0.2, 0) is 0 Å². The molecule has 0 fully saturated rings. The van der Waals surface area contributed by atoms with Crippen LogP contribution in [0.25, 0.3) is 0 Å². The SMILES string of the molecule is [Se]c1cccc(C#Cc2ccccc2)c1. The quantitative estimate of drug-likeness (QED) is 0.498. The second-order valence-electron chi connectivity index (χ2n) is 3.14. The van der Waals surface area contributed by atoms with Gasteiger partial charge in [0.05, 0.1) is 0 Å². The monoisotopic (exact) mass is 257 g/mol. The Labute approximate surface area is 98.2 Å². The summed E-state index contributed by atoms with van der Waals surface area (Å²) in [5.41, 5.74) is 2.08. The van der Waals surface area contributed by atoms with E-state index in [2.05, 4.69) is 27.9 Å². The van der Waals surface area contributed by atoms with Crippen LogP contribution in [0.1, 0.15) is 11.1 Å². The standard InChI is InChI=1S/C14H9Se/c15-14-8-4-7-13(11-14)10-9-12-5-2-1-3-6-12/h1-8,11H. The van der Waals surface area contributed by atoms with E-state index < -0.39 is 0 Å². The van der Waals surface area contributed by atoms with E-state index in [1.54, 1.807) is 0 Å². The van der Waals surface area contributed by atoms with Crippen molar-refractivity contribution < 1.29 is 0 Å². The Morgan fingerprint density at radius 3 is 2.13 bits per heavy atom. The van der Waals surface area contributed by atoms with Crippen molar-refractivity contribution in [3.63, 3.8) is 0 Å². The van der Waals surface area contributed by atoms with Crippen LogP contribution in [0, 0.1) is 11.8 Å². The van der Waals surface area contributed by atoms with Crippen LogP contribution >= 0.6 is 0 Å². The van der Waals surface area contributed by atoms with E-state index in [1.807, 2.05) is 54.6 Å². The molecule has 2 rings (SSSR count). The predicted molar refractivity (Wildman–Crippen MR) is 64.3 cm³/mol. The molecule has 0 bridgehead atoms. The third-order valence-corrected chi connectivity index (χ3v) is 2.49. The maximum absolute atomic E-state index is 3.13. The molecule has 0 aromatic heterocycles. The number of rotatable bonds is 0. The average Bonchev–Trinajstić information content (AvgIpc) is 2.28. The molecule has 0 unspecified atom stereocenters. The van der Waals surface area contributed by atoms with Gasteiger partial charge >= 0.3 is 98.0 Å². The predicted octanol–water partition coefficient (Wildman–Crippen LogP) is 1.88. The van der Waals surface area contributed by atoms with Crippen LogP contribution in [0.3, 0.4) is 0 Å². The van der Waals surface area contributed by atoms with Crippen molar-refractivity contribution in [2.24, 2.45) is 0 Å². The van der Waals surface area contributed by atoms with Crippen molar-refractivity contribution in [2.45, 2.75) is 0 Å². The van der Waals surface area contributed by atoms with Gasteiger partial charge in [-0.1, -0.05) is 0 Å². The maximum atomic E-state index is 3.13. The van der Waals surface area contributed by atoms with Gasteiger partial charge < -0.3 is 0 Å². The first kappa shape index (κ1) is 10.1. The van der Waals surface area contributed by atoms with Crippen molar-refractivity contribution in [1.82, 2.24) is 0 Å². The van der Waals surface area contributed by atoms with Gasteiger partial charge in [-0.05, 0) is 0 Å². The summed E-state index contributed by atoms with van der Waals surface area (Å²) >= 11 is 2.97. The van der Waals surface area contributed by atoms with Gasteiger partial charge in [0.25, 0.3) is 0 Å². The van der Waals surface area contributed by atoms with E-state index in [4.69, 9.17) is 0 Å². The summed E-state index contributed by atoms with van der Waals surface area (Å²) in [5, 5.41) is 0. The molecule has 0 amide bonds. The molecule has 0 spiro atoms. The molecule has 1 radical (unpaired) electrons. The number of hydrogen-bond donors (Lipinski definition) is 0. The summed E-state index contributed by atoms with van der Waals surface area (Å²) < 4.78 is 1.12. The van der Waals surface area contributed by atoms with Crippen molar-refractivity contribution in [1.29, 1.82) is 0 Å². The van der Waals surface area contributed by atoms with Crippen LogP contribution in [0.15, 0.2) is 54.6 Å². The topological polar surface area (TPSA) is 0 Å². The van der Waals surface area contributed by atoms with Crippen LogP contribution in [-0.4, -0.2) is 16.0 Å².